The maximum Gasteiger partial charge on any atom is 0.269 e. The lowest BCUT2D eigenvalue weighted by Crippen LogP contribution is -2.21. The molecule has 4 aromatic rings. The number of fused-ring (bicyclic) bond motifs is 1. The molecule has 3 N–H and O–H groups in total. The standard InChI is InChI=1S/C22H17N5O2/c1-22(29,21-24-12-5-13-25-21)11-10-15-6-4-7-16(14-15)27-18-9-3-2-8-17(18)19(26-27)20(23)28/h2-9,12-14,29H,1H3,(H2,23,28)/t22-/m1/s1. The van der Waals surface area contributed by atoms with Gasteiger partial charge in [-0.1, -0.05) is 36.1 Å². The molecule has 0 saturated heterocycles. The molecule has 2 heterocycles. The molecular formula is C22H17N5O2. The molecule has 0 aliphatic carbocycles. The van der Waals surface area contributed by atoms with Gasteiger partial charge in [-0.2, -0.15) is 5.10 Å². The van der Waals surface area contributed by atoms with Crippen molar-refractivity contribution in [3.63, 3.8) is 0 Å². The van der Waals surface area contributed by atoms with E-state index in [1.807, 2.05) is 42.5 Å². The van der Waals surface area contributed by atoms with Crippen LogP contribution in [0.3, 0.4) is 0 Å². The number of nitrogens with two attached hydrogens (primary N) is 1. The maximum atomic E-state index is 11.8. The number of nitrogens with zero attached hydrogens (tertiary/aromatic N) is 4. The molecule has 2 aromatic carbocycles. The highest BCUT2D eigenvalue weighted by atomic mass is 16.3. The van der Waals surface area contributed by atoms with E-state index in [1.54, 1.807) is 36.1 Å². The topological polar surface area (TPSA) is 107 Å². The number of para-hydroxylation sites is 1. The summed E-state index contributed by atoms with van der Waals surface area (Å²) in [6.07, 6.45) is 3.11. The molecule has 2 aromatic heterocycles. The Balaban J connectivity index is 1.75. The summed E-state index contributed by atoms with van der Waals surface area (Å²) in [6, 6.07) is 16.4. The van der Waals surface area contributed by atoms with Crippen molar-refractivity contribution in [3.8, 4) is 17.5 Å². The second kappa shape index (κ2) is 7.19. The summed E-state index contributed by atoms with van der Waals surface area (Å²) in [6.45, 7) is 1.54. The fraction of sp³-hybridized carbons (Fsp3) is 0.0909. The molecule has 0 radical (unpaired) electrons. The molecule has 0 spiro atoms. The van der Waals surface area contributed by atoms with Crippen molar-refractivity contribution < 1.29 is 9.90 Å². The van der Waals surface area contributed by atoms with Crippen LogP contribution in [0.15, 0.2) is 67.0 Å². The Labute approximate surface area is 166 Å². The summed E-state index contributed by atoms with van der Waals surface area (Å²) >= 11 is 0. The number of benzene rings is 2. The third-order valence-electron chi connectivity index (χ3n) is 4.36. The zero-order chi connectivity index (χ0) is 20.4. The van der Waals surface area contributed by atoms with Crippen LogP contribution in [0.4, 0.5) is 0 Å². The van der Waals surface area contributed by atoms with Gasteiger partial charge < -0.3 is 10.8 Å². The summed E-state index contributed by atoms with van der Waals surface area (Å²) in [4.78, 5) is 19.9. The van der Waals surface area contributed by atoms with Crippen LogP contribution in [0.1, 0.15) is 28.8 Å². The van der Waals surface area contributed by atoms with E-state index in [4.69, 9.17) is 5.73 Å². The fourth-order valence-electron chi connectivity index (χ4n) is 2.96. The predicted molar refractivity (Wildman–Crippen MR) is 108 cm³/mol. The average molecular weight is 383 g/mol. The summed E-state index contributed by atoms with van der Waals surface area (Å²) in [5, 5.41) is 15.6. The molecule has 0 fully saturated rings. The Morgan fingerprint density at radius 3 is 2.62 bits per heavy atom. The lowest BCUT2D eigenvalue weighted by molar-refractivity contribution is 0.0996. The van der Waals surface area contributed by atoms with Crippen molar-refractivity contribution in [2.24, 2.45) is 5.73 Å². The average Bonchev–Trinajstić information content (AvgIpc) is 3.13. The highest BCUT2D eigenvalue weighted by Crippen LogP contribution is 2.22. The Kier molecular flexibility index (Phi) is 4.55. The highest BCUT2D eigenvalue weighted by molar-refractivity contribution is 6.04. The Morgan fingerprint density at radius 2 is 1.86 bits per heavy atom. The summed E-state index contributed by atoms with van der Waals surface area (Å²) in [5.74, 6) is 5.41. The first-order chi connectivity index (χ1) is 14.0. The van der Waals surface area contributed by atoms with E-state index in [0.29, 0.717) is 10.9 Å². The molecule has 0 unspecified atom stereocenters. The van der Waals surface area contributed by atoms with E-state index in [1.165, 1.54) is 0 Å². The summed E-state index contributed by atoms with van der Waals surface area (Å²) in [7, 11) is 0. The van der Waals surface area contributed by atoms with Crippen molar-refractivity contribution in [2.45, 2.75) is 12.5 Å². The van der Waals surface area contributed by atoms with Crippen molar-refractivity contribution >= 4 is 16.8 Å². The Morgan fingerprint density at radius 1 is 1.10 bits per heavy atom. The van der Waals surface area contributed by atoms with Crippen LogP contribution in [0.2, 0.25) is 0 Å². The van der Waals surface area contributed by atoms with Crippen LogP contribution >= 0.6 is 0 Å². The first-order valence-electron chi connectivity index (χ1n) is 8.87. The molecule has 0 aliphatic rings. The highest BCUT2D eigenvalue weighted by Gasteiger charge is 2.23. The monoisotopic (exact) mass is 383 g/mol. The molecule has 142 valence electrons. The minimum absolute atomic E-state index is 0.209. The third kappa shape index (κ3) is 3.57. The largest absolute Gasteiger partial charge is 0.371 e. The van der Waals surface area contributed by atoms with Crippen molar-refractivity contribution in [3.05, 3.63) is 84.1 Å². The van der Waals surface area contributed by atoms with E-state index in [0.717, 1.165) is 11.2 Å². The molecule has 0 aliphatic heterocycles. The smallest absolute Gasteiger partial charge is 0.269 e. The molecule has 29 heavy (non-hydrogen) atoms. The number of hydrogen-bond acceptors (Lipinski definition) is 5. The normalized spacial score (nSPS) is 12.8. The van der Waals surface area contributed by atoms with E-state index in [-0.39, 0.29) is 11.5 Å². The van der Waals surface area contributed by atoms with Crippen LogP contribution in [0.25, 0.3) is 16.6 Å². The van der Waals surface area contributed by atoms with Gasteiger partial charge in [0, 0.05) is 23.3 Å². The van der Waals surface area contributed by atoms with Crippen LogP contribution in [0, 0.1) is 11.8 Å². The summed E-state index contributed by atoms with van der Waals surface area (Å²) < 4.78 is 1.65. The molecule has 1 amide bonds. The molecular weight excluding hydrogens is 366 g/mol. The third-order valence-corrected chi connectivity index (χ3v) is 4.36. The zero-order valence-corrected chi connectivity index (χ0v) is 15.6. The van der Waals surface area contributed by atoms with Crippen LogP contribution < -0.4 is 5.73 Å². The van der Waals surface area contributed by atoms with E-state index < -0.39 is 11.5 Å². The van der Waals surface area contributed by atoms with Crippen molar-refractivity contribution in [2.75, 3.05) is 0 Å². The Hall–Kier alpha value is -4.02. The maximum absolute atomic E-state index is 11.8. The van der Waals surface area contributed by atoms with E-state index >= 15 is 0 Å². The Bertz CT molecular complexity index is 1270. The van der Waals surface area contributed by atoms with Crippen molar-refractivity contribution in [1.29, 1.82) is 0 Å². The predicted octanol–water partition coefficient (Wildman–Crippen LogP) is 2.17. The van der Waals surface area contributed by atoms with Crippen molar-refractivity contribution in [1.82, 2.24) is 19.7 Å². The quantitative estimate of drug-likeness (QED) is 0.527. The van der Waals surface area contributed by atoms with Gasteiger partial charge in [-0.15, -0.1) is 0 Å². The molecule has 0 saturated carbocycles. The van der Waals surface area contributed by atoms with E-state index in [2.05, 4.69) is 26.9 Å². The van der Waals surface area contributed by atoms with Gasteiger partial charge in [0.2, 0.25) is 0 Å². The molecule has 1 atom stereocenters. The van der Waals surface area contributed by atoms with Gasteiger partial charge in [0.25, 0.3) is 5.91 Å². The molecule has 0 bridgehead atoms. The minimum Gasteiger partial charge on any atom is -0.371 e. The number of aromatic nitrogens is 4. The number of hydrogen-bond donors (Lipinski definition) is 2. The number of amides is 1. The minimum atomic E-state index is -1.49. The number of rotatable bonds is 3. The van der Waals surface area contributed by atoms with Crippen LogP contribution in [-0.2, 0) is 5.60 Å². The first kappa shape index (κ1) is 18.3. The summed E-state index contributed by atoms with van der Waals surface area (Å²) in [5.41, 5.74) is 6.34. The van der Waals surface area contributed by atoms with Gasteiger partial charge in [0.05, 0.1) is 11.2 Å². The number of aliphatic hydroxyl groups is 1. The lowest BCUT2D eigenvalue weighted by atomic mass is 10.1. The van der Waals surface area contributed by atoms with Gasteiger partial charge in [0.15, 0.2) is 17.1 Å². The second-order valence-corrected chi connectivity index (χ2v) is 6.59. The number of carbonyl (C=O) groups excluding carboxylic acids is 1. The zero-order valence-electron chi connectivity index (χ0n) is 15.6. The second-order valence-electron chi connectivity index (χ2n) is 6.59. The van der Waals surface area contributed by atoms with Gasteiger partial charge in [-0.25, -0.2) is 14.6 Å². The first-order valence-corrected chi connectivity index (χ1v) is 8.87. The van der Waals surface area contributed by atoms with Gasteiger partial charge in [-0.05, 0) is 37.3 Å². The van der Waals surface area contributed by atoms with Gasteiger partial charge in [-0.3, -0.25) is 4.79 Å². The fourth-order valence-corrected chi connectivity index (χ4v) is 2.96. The SMILES string of the molecule is C[C@@](O)(C#Cc1cccc(-n2nc(C(N)=O)c3ccccc32)c1)c1ncccn1. The van der Waals surface area contributed by atoms with E-state index in [9.17, 15) is 9.90 Å². The molecule has 7 heteroatoms. The molecule has 7 nitrogen and oxygen atoms in total. The lowest BCUT2D eigenvalue weighted by Gasteiger charge is -2.13. The van der Waals surface area contributed by atoms with Gasteiger partial charge in [0.1, 0.15) is 0 Å². The van der Waals surface area contributed by atoms with Crippen LogP contribution in [0.5, 0.6) is 0 Å². The molecule has 4 rings (SSSR count). The van der Waals surface area contributed by atoms with Crippen LogP contribution in [-0.4, -0.2) is 30.8 Å². The number of primary amides is 1. The number of carbonyl (C=O) groups is 1. The van der Waals surface area contributed by atoms with Gasteiger partial charge >= 0.3 is 0 Å².